The predicted molar refractivity (Wildman–Crippen MR) is 157 cm³/mol. The minimum Gasteiger partial charge on any atom is -0.366 e. The van der Waals surface area contributed by atoms with E-state index in [1.807, 2.05) is 18.2 Å². The fourth-order valence-corrected chi connectivity index (χ4v) is 7.61. The van der Waals surface area contributed by atoms with Crippen LogP contribution in [0.15, 0.2) is 36.5 Å². The molecule has 4 saturated heterocycles. The molecule has 5 aliphatic rings. The summed E-state index contributed by atoms with van der Waals surface area (Å²) in [5.41, 5.74) is 7.35. The van der Waals surface area contributed by atoms with Crippen molar-refractivity contribution in [3.63, 3.8) is 0 Å². The molecule has 1 aromatic carbocycles. The maximum atomic E-state index is 13.4. The van der Waals surface area contributed by atoms with Gasteiger partial charge in [0.25, 0.3) is 11.8 Å². The van der Waals surface area contributed by atoms with E-state index in [9.17, 15) is 24.0 Å². The molecule has 4 fully saturated rings. The molecule has 3 atom stereocenters. The Balaban J connectivity index is 0.975. The number of primary amides is 1. The van der Waals surface area contributed by atoms with E-state index in [1.54, 1.807) is 18.3 Å². The van der Waals surface area contributed by atoms with Crippen LogP contribution in [0.4, 0.5) is 11.5 Å². The lowest BCUT2D eigenvalue weighted by Gasteiger charge is -2.44. The van der Waals surface area contributed by atoms with Crippen LogP contribution in [0.5, 0.6) is 0 Å². The maximum Gasteiger partial charge on any atom is 0.262 e. The summed E-state index contributed by atoms with van der Waals surface area (Å²) < 4.78 is 0. The first-order valence-electron chi connectivity index (χ1n) is 15.1. The molecule has 5 aliphatic heterocycles. The van der Waals surface area contributed by atoms with Gasteiger partial charge in [-0.1, -0.05) is 0 Å². The molecule has 0 aliphatic carbocycles. The van der Waals surface area contributed by atoms with Crippen LogP contribution in [0.25, 0.3) is 0 Å². The van der Waals surface area contributed by atoms with Crippen molar-refractivity contribution in [1.82, 2.24) is 20.1 Å². The highest BCUT2D eigenvalue weighted by Gasteiger charge is 2.46. The second kappa shape index (κ2) is 10.7. The number of carbonyl (C=O) groups excluding carboxylic acids is 5. The molecule has 6 heterocycles. The summed E-state index contributed by atoms with van der Waals surface area (Å²) in [6.07, 6.45) is 6.12. The third-order valence-electron chi connectivity index (χ3n) is 9.77. The van der Waals surface area contributed by atoms with Crippen molar-refractivity contribution in [2.24, 2.45) is 11.7 Å². The third kappa shape index (κ3) is 4.93. The summed E-state index contributed by atoms with van der Waals surface area (Å²) in [4.78, 5) is 74.6. The minimum atomic E-state index is -0.959. The van der Waals surface area contributed by atoms with E-state index < -0.39 is 29.7 Å². The molecule has 43 heavy (non-hydrogen) atoms. The number of rotatable bonds is 6. The summed E-state index contributed by atoms with van der Waals surface area (Å²) in [5, 5.41) is 2.25. The lowest BCUT2D eigenvalue weighted by Crippen LogP contribution is -2.55. The SMILES string of the molecule is NC(=O)c1ccc(N2CCC(CN3CC4CCC(C3)N4c3ccc4c(c3)C(=O)N(C3CCC(=O)NC3=O)C4=O)CC2)nc1. The van der Waals surface area contributed by atoms with E-state index in [-0.39, 0.29) is 18.7 Å². The highest BCUT2D eigenvalue weighted by Crippen LogP contribution is 2.38. The van der Waals surface area contributed by atoms with E-state index in [0.29, 0.717) is 34.7 Å². The average molecular weight is 586 g/mol. The normalized spacial score (nSPS) is 26.2. The molecule has 2 aromatic rings. The summed E-state index contributed by atoms with van der Waals surface area (Å²) in [7, 11) is 0. The topological polar surface area (TPSA) is 149 Å². The van der Waals surface area contributed by atoms with Gasteiger partial charge < -0.3 is 15.5 Å². The van der Waals surface area contributed by atoms with Crippen LogP contribution in [0.3, 0.4) is 0 Å². The Labute approximate surface area is 249 Å². The van der Waals surface area contributed by atoms with Crippen LogP contribution in [0.2, 0.25) is 0 Å². The van der Waals surface area contributed by atoms with Gasteiger partial charge in [0.15, 0.2) is 0 Å². The van der Waals surface area contributed by atoms with Gasteiger partial charge in [-0.15, -0.1) is 0 Å². The molecule has 2 bridgehead atoms. The second-order valence-electron chi connectivity index (χ2n) is 12.4. The molecule has 3 unspecified atom stereocenters. The van der Waals surface area contributed by atoms with E-state index >= 15 is 0 Å². The summed E-state index contributed by atoms with van der Waals surface area (Å²) >= 11 is 0. The zero-order valence-corrected chi connectivity index (χ0v) is 23.9. The number of nitrogens with two attached hydrogens (primary N) is 1. The third-order valence-corrected chi connectivity index (χ3v) is 9.77. The van der Waals surface area contributed by atoms with Gasteiger partial charge in [-0.05, 0) is 68.4 Å². The second-order valence-corrected chi connectivity index (χ2v) is 12.4. The molecule has 12 nitrogen and oxygen atoms in total. The lowest BCUT2D eigenvalue weighted by atomic mass is 9.95. The number of fused-ring (bicyclic) bond motifs is 3. The number of likely N-dealkylation sites (tertiary alicyclic amines) is 1. The fraction of sp³-hybridized carbons (Fsp3) is 0.484. The number of hydrogen-bond acceptors (Lipinski definition) is 9. The fourth-order valence-electron chi connectivity index (χ4n) is 7.61. The number of imide groups is 2. The van der Waals surface area contributed by atoms with Gasteiger partial charge in [0, 0.05) is 63.1 Å². The number of pyridine rings is 1. The first-order valence-corrected chi connectivity index (χ1v) is 15.1. The van der Waals surface area contributed by atoms with Gasteiger partial charge >= 0.3 is 0 Å². The maximum absolute atomic E-state index is 13.4. The highest BCUT2D eigenvalue weighted by atomic mass is 16.2. The van der Waals surface area contributed by atoms with Crippen molar-refractivity contribution in [3.8, 4) is 0 Å². The molecule has 1 aromatic heterocycles. The molecule has 3 N–H and O–H groups in total. The van der Waals surface area contributed by atoms with Gasteiger partial charge in [0.2, 0.25) is 17.7 Å². The first-order chi connectivity index (χ1) is 20.8. The van der Waals surface area contributed by atoms with E-state index in [2.05, 4.69) is 25.0 Å². The van der Waals surface area contributed by atoms with Crippen LogP contribution >= 0.6 is 0 Å². The summed E-state index contributed by atoms with van der Waals surface area (Å²) in [6.45, 7) is 4.83. The van der Waals surface area contributed by atoms with Crippen molar-refractivity contribution in [2.45, 2.75) is 56.7 Å². The predicted octanol–water partition coefficient (Wildman–Crippen LogP) is 1.15. The van der Waals surface area contributed by atoms with Gasteiger partial charge in [0.05, 0.1) is 16.7 Å². The first kappa shape index (κ1) is 27.5. The lowest BCUT2D eigenvalue weighted by molar-refractivity contribution is -0.136. The Morgan fingerprint density at radius 2 is 1.63 bits per heavy atom. The number of aromatic nitrogens is 1. The van der Waals surface area contributed by atoms with Crippen molar-refractivity contribution in [2.75, 3.05) is 42.5 Å². The van der Waals surface area contributed by atoms with Crippen molar-refractivity contribution in [3.05, 3.63) is 53.2 Å². The molecule has 0 radical (unpaired) electrons. The van der Waals surface area contributed by atoms with Crippen LogP contribution < -0.4 is 20.9 Å². The summed E-state index contributed by atoms with van der Waals surface area (Å²) in [5.74, 6) is -0.902. The number of amides is 5. The molecule has 12 heteroatoms. The van der Waals surface area contributed by atoms with Crippen LogP contribution in [0.1, 0.15) is 69.6 Å². The number of hydrogen-bond donors (Lipinski definition) is 2. The van der Waals surface area contributed by atoms with Crippen molar-refractivity contribution < 1.29 is 24.0 Å². The number of nitrogens with zero attached hydrogens (tertiary/aromatic N) is 5. The number of piperidine rings is 2. The Hall–Kier alpha value is -4.32. The van der Waals surface area contributed by atoms with Gasteiger partial charge in [0.1, 0.15) is 11.9 Å². The monoisotopic (exact) mass is 585 g/mol. The summed E-state index contributed by atoms with van der Waals surface area (Å²) in [6, 6.07) is 8.78. The van der Waals surface area contributed by atoms with Gasteiger partial charge in [-0.2, -0.15) is 0 Å². The van der Waals surface area contributed by atoms with Crippen molar-refractivity contribution >= 4 is 41.0 Å². The zero-order chi connectivity index (χ0) is 29.8. The zero-order valence-electron chi connectivity index (χ0n) is 23.9. The van der Waals surface area contributed by atoms with Crippen LogP contribution in [-0.2, 0) is 9.59 Å². The molecule has 0 saturated carbocycles. The number of piperazine rings is 1. The number of anilines is 2. The van der Waals surface area contributed by atoms with Crippen molar-refractivity contribution in [1.29, 1.82) is 0 Å². The molecule has 5 amide bonds. The standard InChI is InChI=1S/C31H35N7O5/c32-28(40)19-1-7-26(33-14-19)36-11-9-18(10-12-36)15-35-16-21-2-3-22(17-35)37(21)20-4-5-23-24(13-20)31(43)38(30(23)42)25-6-8-27(39)34-29(25)41/h1,4-5,7,13-14,18,21-22,25H,2-3,6,8-12,15-17H2,(H2,32,40)(H,34,39,41). The molecular formula is C31H35N7O5. The molecule has 7 rings (SSSR count). The highest BCUT2D eigenvalue weighted by molar-refractivity contribution is 6.23. The smallest absolute Gasteiger partial charge is 0.262 e. The number of benzene rings is 1. The average Bonchev–Trinajstić information content (AvgIpc) is 3.41. The molecule has 0 spiro atoms. The minimum absolute atomic E-state index is 0.102. The van der Waals surface area contributed by atoms with E-state index in [4.69, 9.17) is 5.73 Å². The van der Waals surface area contributed by atoms with Gasteiger partial charge in [-0.3, -0.25) is 39.1 Å². The largest absolute Gasteiger partial charge is 0.366 e. The van der Waals surface area contributed by atoms with Gasteiger partial charge in [-0.25, -0.2) is 4.98 Å². The van der Waals surface area contributed by atoms with E-state index in [0.717, 1.165) is 74.8 Å². The Kier molecular flexibility index (Phi) is 6.88. The van der Waals surface area contributed by atoms with E-state index in [1.165, 1.54) is 0 Å². The number of carbonyl (C=O) groups is 5. The Morgan fingerprint density at radius 1 is 0.907 bits per heavy atom. The van der Waals surface area contributed by atoms with Crippen LogP contribution in [0, 0.1) is 5.92 Å². The Morgan fingerprint density at radius 3 is 2.28 bits per heavy atom. The molecular weight excluding hydrogens is 550 g/mol. The molecule has 224 valence electrons. The van der Waals surface area contributed by atoms with Crippen LogP contribution in [-0.4, -0.2) is 95.2 Å². The Bertz CT molecular complexity index is 1490. The number of nitrogens with one attached hydrogen (secondary N) is 1. The quantitative estimate of drug-likeness (QED) is 0.476.